The zero-order chi connectivity index (χ0) is 22.9. The van der Waals surface area contributed by atoms with Crippen molar-refractivity contribution in [2.24, 2.45) is 5.41 Å². The van der Waals surface area contributed by atoms with E-state index in [4.69, 9.17) is 23.2 Å². The maximum absolute atomic E-state index is 13.4. The van der Waals surface area contributed by atoms with E-state index in [1.165, 1.54) is 12.1 Å². The monoisotopic (exact) mass is 469 g/mol. The van der Waals surface area contributed by atoms with Crippen molar-refractivity contribution in [1.82, 2.24) is 9.88 Å². The number of ketones is 1. The molecule has 10 heteroatoms. The lowest BCUT2D eigenvalue weighted by molar-refractivity contribution is -0.117. The Hall–Kier alpha value is -2.42. The molecule has 3 rings (SSSR count). The second-order valence-corrected chi connectivity index (χ2v) is 8.94. The number of rotatable bonds is 7. The van der Waals surface area contributed by atoms with E-state index in [0.717, 1.165) is 6.07 Å². The number of nitrogens with one attached hydrogen (secondary N) is 2. The molecule has 0 saturated heterocycles. The smallest absolute Gasteiger partial charge is 0.294 e. The number of halogens is 3. The third kappa shape index (κ3) is 4.76. The van der Waals surface area contributed by atoms with Crippen LogP contribution in [0.25, 0.3) is 0 Å². The molecule has 0 atom stereocenters. The summed E-state index contributed by atoms with van der Waals surface area (Å²) in [5.41, 5.74) is 0.287. The molecule has 0 unspecified atom stereocenters. The third-order valence-corrected chi connectivity index (χ3v) is 5.75. The number of carbonyl (C=O) groups excluding carboxylic acids is 3. The van der Waals surface area contributed by atoms with Crippen LogP contribution >= 0.6 is 23.2 Å². The van der Waals surface area contributed by atoms with Gasteiger partial charge in [0.15, 0.2) is 0 Å². The second kappa shape index (κ2) is 8.98. The Kier molecular flexibility index (Phi) is 6.73. The molecule has 7 nitrogen and oxygen atoms in total. The average molecular weight is 470 g/mol. The number of anilines is 1. The first-order valence-electron chi connectivity index (χ1n) is 9.66. The van der Waals surface area contributed by atoms with Crippen LogP contribution in [0.3, 0.4) is 0 Å². The van der Waals surface area contributed by atoms with Gasteiger partial charge in [-0.2, -0.15) is 0 Å². The number of aliphatic hydroxyl groups is 1. The SMILES string of the molecule is CC(C)(CO)CNC(=O)C(=O)c1c(Cl)c(C(=O)Nc2ccc(F)c(Cl)c2)c2n1CCC2. The molecule has 166 valence electrons. The topological polar surface area (TPSA) is 100 Å². The fourth-order valence-corrected chi connectivity index (χ4v) is 3.89. The van der Waals surface area contributed by atoms with Crippen LogP contribution in [-0.4, -0.2) is 40.4 Å². The number of hydrogen-bond acceptors (Lipinski definition) is 4. The van der Waals surface area contributed by atoms with Crippen LogP contribution in [0.4, 0.5) is 10.1 Å². The Labute approximate surface area is 188 Å². The molecule has 1 aliphatic heterocycles. The van der Waals surface area contributed by atoms with Crippen molar-refractivity contribution in [3.05, 3.63) is 51.0 Å². The molecule has 0 spiro atoms. The van der Waals surface area contributed by atoms with E-state index in [9.17, 15) is 23.9 Å². The number of benzene rings is 1. The Morgan fingerprint density at radius 2 is 1.97 bits per heavy atom. The number of fused-ring (bicyclic) bond motifs is 1. The Morgan fingerprint density at radius 1 is 1.26 bits per heavy atom. The Balaban J connectivity index is 1.88. The van der Waals surface area contributed by atoms with Crippen LogP contribution in [0.15, 0.2) is 18.2 Å². The molecule has 0 saturated carbocycles. The van der Waals surface area contributed by atoms with E-state index in [-0.39, 0.29) is 40.1 Å². The second-order valence-electron chi connectivity index (χ2n) is 8.16. The number of carbonyl (C=O) groups is 3. The number of aliphatic hydroxyl groups excluding tert-OH is 1. The lowest BCUT2D eigenvalue weighted by Gasteiger charge is -2.21. The van der Waals surface area contributed by atoms with Gasteiger partial charge in [0.2, 0.25) is 0 Å². The van der Waals surface area contributed by atoms with E-state index in [0.29, 0.717) is 25.1 Å². The highest BCUT2D eigenvalue weighted by Gasteiger charge is 2.34. The summed E-state index contributed by atoms with van der Waals surface area (Å²) < 4.78 is 15.0. The van der Waals surface area contributed by atoms with Gasteiger partial charge in [0.1, 0.15) is 11.5 Å². The summed E-state index contributed by atoms with van der Waals surface area (Å²) in [6.45, 7) is 3.85. The van der Waals surface area contributed by atoms with Crippen LogP contribution in [0.5, 0.6) is 0 Å². The van der Waals surface area contributed by atoms with Crippen LogP contribution in [0, 0.1) is 11.2 Å². The molecule has 1 aromatic carbocycles. The van der Waals surface area contributed by atoms with Gasteiger partial charge in [0.25, 0.3) is 17.6 Å². The standard InChI is InChI=1S/C21H22Cl2FN3O4/c1-21(2,10-28)9-25-20(31)18(29)17-16(23)15(14-4-3-7-27(14)17)19(30)26-11-5-6-13(24)12(22)8-11/h5-6,8,28H,3-4,7,9-10H2,1-2H3,(H,25,31)(H,26,30). The summed E-state index contributed by atoms with van der Waals surface area (Å²) in [6.07, 6.45) is 1.20. The summed E-state index contributed by atoms with van der Waals surface area (Å²) in [4.78, 5) is 38.2. The van der Waals surface area contributed by atoms with Gasteiger partial charge in [-0.05, 0) is 31.0 Å². The summed E-state index contributed by atoms with van der Waals surface area (Å²) in [6, 6.07) is 3.74. The number of hydrogen-bond donors (Lipinski definition) is 3. The van der Waals surface area contributed by atoms with Crippen LogP contribution in [0.2, 0.25) is 10.0 Å². The Bertz CT molecular complexity index is 1070. The van der Waals surface area contributed by atoms with Gasteiger partial charge < -0.3 is 20.3 Å². The normalized spacial score (nSPS) is 13.1. The van der Waals surface area contributed by atoms with E-state index in [1.54, 1.807) is 18.4 Å². The average Bonchev–Trinajstić information content (AvgIpc) is 3.27. The van der Waals surface area contributed by atoms with Gasteiger partial charge in [-0.15, -0.1) is 0 Å². The molecule has 2 amide bonds. The predicted molar refractivity (Wildman–Crippen MR) is 115 cm³/mol. The molecule has 31 heavy (non-hydrogen) atoms. The van der Waals surface area contributed by atoms with Crippen molar-refractivity contribution in [3.8, 4) is 0 Å². The Morgan fingerprint density at radius 3 is 2.61 bits per heavy atom. The predicted octanol–water partition coefficient (Wildman–Crippen LogP) is 3.45. The fraction of sp³-hybridized carbons (Fsp3) is 0.381. The maximum Gasteiger partial charge on any atom is 0.294 e. The molecular formula is C21H22Cl2FN3O4. The highest BCUT2D eigenvalue weighted by molar-refractivity contribution is 6.48. The number of amides is 2. The minimum Gasteiger partial charge on any atom is -0.396 e. The lowest BCUT2D eigenvalue weighted by atomic mass is 9.95. The van der Waals surface area contributed by atoms with Gasteiger partial charge in [-0.3, -0.25) is 14.4 Å². The van der Waals surface area contributed by atoms with Gasteiger partial charge >= 0.3 is 0 Å². The summed E-state index contributed by atoms with van der Waals surface area (Å²) in [5.74, 6) is -2.93. The summed E-state index contributed by atoms with van der Waals surface area (Å²) in [7, 11) is 0. The molecule has 0 radical (unpaired) electrons. The summed E-state index contributed by atoms with van der Waals surface area (Å²) in [5, 5.41) is 14.2. The van der Waals surface area contributed by atoms with Gasteiger partial charge in [0, 0.05) is 36.5 Å². The van der Waals surface area contributed by atoms with Crippen LogP contribution in [-0.2, 0) is 17.8 Å². The van der Waals surface area contributed by atoms with Crippen molar-refractivity contribution in [2.45, 2.75) is 33.2 Å². The van der Waals surface area contributed by atoms with Gasteiger partial charge in [-0.25, -0.2) is 4.39 Å². The van der Waals surface area contributed by atoms with Gasteiger partial charge in [-0.1, -0.05) is 37.0 Å². The minimum absolute atomic E-state index is 0.0456. The van der Waals surface area contributed by atoms with Crippen molar-refractivity contribution in [1.29, 1.82) is 0 Å². The summed E-state index contributed by atoms with van der Waals surface area (Å²) >= 11 is 12.2. The molecular weight excluding hydrogens is 448 g/mol. The first-order chi connectivity index (χ1) is 14.6. The zero-order valence-electron chi connectivity index (χ0n) is 17.0. The highest BCUT2D eigenvalue weighted by Crippen LogP contribution is 2.34. The number of aromatic nitrogens is 1. The first kappa shape index (κ1) is 23.2. The minimum atomic E-state index is -0.868. The molecule has 3 N–H and O–H groups in total. The van der Waals surface area contributed by atoms with Crippen LogP contribution < -0.4 is 10.6 Å². The van der Waals surface area contributed by atoms with E-state index in [1.807, 2.05) is 0 Å². The number of nitrogens with zero attached hydrogens (tertiary/aromatic N) is 1. The van der Waals surface area contributed by atoms with Crippen molar-refractivity contribution in [2.75, 3.05) is 18.5 Å². The largest absolute Gasteiger partial charge is 0.396 e. The van der Waals surface area contributed by atoms with E-state index in [2.05, 4.69) is 10.6 Å². The maximum atomic E-state index is 13.4. The first-order valence-corrected chi connectivity index (χ1v) is 10.4. The molecule has 1 aliphatic rings. The third-order valence-electron chi connectivity index (χ3n) is 5.09. The zero-order valence-corrected chi connectivity index (χ0v) is 18.5. The molecule has 0 bridgehead atoms. The van der Waals surface area contributed by atoms with Crippen LogP contribution in [0.1, 0.15) is 46.8 Å². The molecule has 0 fully saturated rings. The van der Waals surface area contributed by atoms with Crippen molar-refractivity contribution in [3.63, 3.8) is 0 Å². The van der Waals surface area contributed by atoms with Gasteiger partial charge in [0.05, 0.1) is 15.6 Å². The molecule has 2 heterocycles. The number of Topliss-reactive ketones (excluding diaryl/α,β-unsaturated/α-hetero) is 1. The molecule has 0 aliphatic carbocycles. The van der Waals surface area contributed by atoms with Crippen molar-refractivity contribution >= 4 is 46.5 Å². The lowest BCUT2D eigenvalue weighted by Crippen LogP contribution is -2.40. The fourth-order valence-electron chi connectivity index (χ4n) is 3.33. The quantitative estimate of drug-likeness (QED) is 0.426. The molecule has 2 aromatic rings. The highest BCUT2D eigenvalue weighted by atomic mass is 35.5. The van der Waals surface area contributed by atoms with E-state index >= 15 is 0 Å². The van der Waals surface area contributed by atoms with Crippen molar-refractivity contribution < 1.29 is 23.9 Å². The van der Waals surface area contributed by atoms with E-state index < -0.39 is 28.8 Å². The molecule has 1 aromatic heterocycles.